The summed E-state index contributed by atoms with van der Waals surface area (Å²) >= 11 is 5.65. The van der Waals surface area contributed by atoms with E-state index in [1.54, 1.807) is 0 Å². The summed E-state index contributed by atoms with van der Waals surface area (Å²) in [6.07, 6.45) is 0. The molecule has 0 rings (SSSR count). The van der Waals surface area contributed by atoms with Gasteiger partial charge in [-0.05, 0) is 13.8 Å². The molecule has 0 bridgehead atoms. The second kappa shape index (κ2) is 6.00. The third-order valence-corrected chi connectivity index (χ3v) is 1.78. The molecule has 0 radical (unpaired) electrons. The Balaban J connectivity index is 4.09. The zero-order valence-electron chi connectivity index (χ0n) is 8.34. The highest BCUT2D eigenvalue weighted by Gasteiger charge is 2.14. The van der Waals surface area contributed by atoms with Gasteiger partial charge in [-0.25, -0.2) is 0 Å². The van der Waals surface area contributed by atoms with Gasteiger partial charge in [0.15, 0.2) is 0 Å². The molecule has 13 heavy (non-hydrogen) atoms. The molecule has 0 aromatic rings. The Morgan fingerprint density at radius 3 is 2.38 bits per heavy atom. The van der Waals surface area contributed by atoms with Crippen molar-refractivity contribution in [3.8, 4) is 0 Å². The predicted molar refractivity (Wildman–Crippen MR) is 53.7 cm³/mol. The number of rotatable bonds is 5. The SMILES string of the molecule is C=C(Cl)CN(CC(=O)OC)C(C)C. The van der Waals surface area contributed by atoms with Crippen LogP contribution in [0.4, 0.5) is 0 Å². The van der Waals surface area contributed by atoms with E-state index in [0.29, 0.717) is 11.6 Å². The summed E-state index contributed by atoms with van der Waals surface area (Å²) in [6, 6.07) is 0.245. The van der Waals surface area contributed by atoms with Crippen molar-refractivity contribution in [3.05, 3.63) is 11.6 Å². The fourth-order valence-corrected chi connectivity index (χ4v) is 1.03. The first-order chi connectivity index (χ1) is 5.97. The van der Waals surface area contributed by atoms with Gasteiger partial charge < -0.3 is 4.74 Å². The van der Waals surface area contributed by atoms with E-state index < -0.39 is 0 Å². The largest absolute Gasteiger partial charge is 0.468 e. The molecule has 0 spiro atoms. The van der Waals surface area contributed by atoms with Gasteiger partial charge in [-0.3, -0.25) is 9.69 Å². The molecule has 0 N–H and O–H groups in total. The van der Waals surface area contributed by atoms with Crippen molar-refractivity contribution in [1.29, 1.82) is 0 Å². The molecule has 0 aliphatic heterocycles. The zero-order valence-corrected chi connectivity index (χ0v) is 9.10. The van der Waals surface area contributed by atoms with Crippen molar-refractivity contribution in [2.45, 2.75) is 19.9 Å². The molecule has 0 aromatic carbocycles. The zero-order chi connectivity index (χ0) is 10.4. The molecule has 0 amide bonds. The van der Waals surface area contributed by atoms with Crippen molar-refractivity contribution < 1.29 is 9.53 Å². The van der Waals surface area contributed by atoms with E-state index in [2.05, 4.69) is 11.3 Å². The van der Waals surface area contributed by atoms with Crippen LogP contribution >= 0.6 is 11.6 Å². The lowest BCUT2D eigenvalue weighted by atomic mass is 10.3. The van der Waals surface area contributed by atoms with Gasteiger partial charge in [0, 0.05) is 17.6 Å². The van der Waals surface area contributed by atoms with E-state index in [9.17, 15) is 4.79 Å². The lowest BCUT2D eigenvalue weighted by Crippen LogP contribution is -2.36. The number of ether oxygens (including phenoxy) is 1. The third-order valence-electron chi connectivity index (χ3n) is 1.66. The summed E-state index contributed by atoms with van der Waals surface area (Å²) < 4.78 is 4.56. The Labute approximate surface area is 84.3 Å². The maximum Gasteiger partial charge on any atom is 0.319 e. The second-order valence-corrected chi connectivity index (χ2v) is 3.63. The fraction of sp³-hybridized carbons (Fsp3) is 0.667. The van der Waals surface area contributed by atoms with E-state index in [1.165, 1.54) is 7.11 Å². The molecule has 0 unspecified atom stereocenters. The summed E-state index contributed by atoms with van der Waals surface area (Å²) in [5.41, 5.74) is 0. The standard InChI is InChI=1S/C9H16ClNO2/c1-7(2)11(5-8(3)10)6-9(12)13-4/h7H,3,5-6H2,1-2,4H3. The first-order valence-electron chi connectivity index (χ1n) is 4.11. The van der Waals surface area contributed by atoms with E-state index in [4.69, 9.17) is 11.6 Å². The van der Waals surface area contributed by atoms with Gasteiger partial charge in [0.1, 0.15) is 0 Å². The Hall–Kier alpha value is -0.540. The summed E-state index contributed by atoms with van der Waals surface area (Å²) in [5, 5.41) is 0.526. The van der Waals surface area contributed by atoms with Crippen molar-refractivity contribution in [3.63, 3.8) is 0 Å². The van der Waals surface area contributed by atoms with Crippen LogP contribution in [0.5, 0.6) is 0 Å². The van der Waals surface area contributed by atoms with E-state index in [-0.39, 0.29) is 18.6 Å². The van der Waals surface area contributed by atoms with Crippen LogP contribution in [0.2, 0.25) is 0 Å². The number of nitrogens with zero attached hydrogens (tertiary/aromatic N) is 1. The molecule has 4 heteroatoms. The third kappa shape index (κ3) is 5.66. The molecular weight excluding hydrogens is 190 g/mol. The van der Waals surface area contributed by atoms with E-state index in [1.807, 2.05) is 18.7 Å². The van der Waals surface area contributed by atoms with Gasteiger partial charge in [0.05, 0.1) is 13.7 Å². The summed E-state index contributed by atoms with van der Waals surface area (Å²) in [5.74, 6) is -0.258. The van der Waals surface area contributed by atoms with Gasteiger partial charge in [-0.2, -0.15) is 0 Å². The highest BCUT2D eigenvalue weighted by molar-refractivity contribution is 6.29. The Morgan fingerprint density at radius 2 is 2.08 bits per heavy atom. The number of hydrogen-bond acceptors (Lipinski definition) is 3. The average Bonchev–Trinajstić information content (AvgIpc) is 2.02. The number of carbonyl (C=O) groups excluding carboxylic acids is 1. The molecule has 0 heterocycles. The van der Waals surface area contributed by atoms with E-state index in [0.717, 1.165) is 0 Å². The minimum Gasteiger partial charge on any atom is -0.468 e. The lowest BCUT2D eigenvalue weighted by molar-refractivity contribution is -0.142. The Morgan fingerprint density at radius 1 is 1.54 bits per heavy atom. The molecule has 0 aliphatic rings. The molecule has 76 valence electrons. The average molecular weight is 206 g/mol. The number of methoxy groups -OCH3 is 1. The first-order valence-corrected chi connectivity index (χ1v) is 4.49. The molecule has 3 nitrogen and oxygen atoms in total. The van der Waals surface area contributed by atoms with Gasteiger partial charge in [-0.1, -0.05) is 18.2 Å². The number of carbonyl (C=O) groups is 1. The summed E-state index contributed by atoms with van der Waals surface area (Å²) in [7, 11) is 1.37. The molecule has 0 saturated carbocycles. The molecule has 0 atom stereocenters. The van der Waals surface area contributed by atoms with Crippen molar-refractivity contribution >= 4 is 17.6 Å². The van der Waals surface area contributed by atoms with Gasteiger partial charge in [-0.15, -0.1) is 0 Å². The summed E-state index contributed by atoms with van der Waals surface area (Å²) in [6.45, 7) is 8.32. The molecule has 0 saturated heterocycles. The number of esters is 1. The Kier molecular flexibility index (Phi) is 5.75. The van der Waals surface area contributed by atoms with Crippen molar-refractivity contribution in [2.75, 3.05) is 20.2 Å². The van der Waals surface area contributed by atoms with Crippen LogP contribution in [0.1, 0.15) is 13.8 Å². The number of hydrogen-bond donors (Lipinski definition) is 0. The Bertz CT molecular complexity index is 192. The van der Waals surface area contributed by atoms with Crippen LogP contribution in [0.15, 0.2) is 11.6 Å². The lowest BCUT2D eigenvalue weighted by Gasteiger charge is -2.24. The quantitative estimate of drug-likeness (QED) is 0.639. The first kappa shape index (κ1) is 12.5. The van der Waals surface area contributed by atoms with Crippen LogP contribution < -0.4 is 0 Å². The topological polar surface area (TPSA) is 29.5 Å². The smallest absolute Gasteiger partial charge is 0.319 e. The van der Waals surface area contributed by atoms with Crippen LogP contribution in [0.3, 0.4) is 0 Å². The predicted octanol–water partition coefficient (Wildman–Crippen LogP) is 1.62. The van der Waals surface area contributed by atoms with Crippen LogP contribution in [0.25, 0.3) is 0 Å². The maximum absolute atomic E-state index is 11.0. The number of halogens is 1. The van der Waals surface area contributed by atoms with Crippen LogP contribution in [0, 0.1) is 0 Å². The fourth-order valence-electron chi connectivity index (χ4n) is 0.872. The van der Waals surface area contributed by atoms with Gasteiger partial charge >= 0.3 is 5.97 Å². The van der Waals surface area contributed by atoms with E-state index >= 15 is 0 Å². The second-order valence-electron chi connectivity index (χ2n) is 3.09. The minimum absolute atomic E-state index is 0.245. The van der Waals surface area contributed by atoms with Gasteiger partial charge in [0.2, 0.25) is 0 Å². The van der Waals surface area contributed by atoms with Crippen molar-refractivity contribution in [1.82, 2.24) is 4.90 Å². The normalized spacial score (nSPS) is 10.6. The monoisotopic (exact) mass is 205 g/mol. The van der Waals surface area contributed by atoms with Crippen LogP contribution in [-0.4, -0.2) is 37.1 Å². The molecule has 0 fully saturated rings. The molecule has 0 aromatic heterocycles. The van der Waals surface area contributed by atoms with Gasteiger partial charge in [0.25, 0.3) is 0 Å². The summed E-state index contributed by atoms with van der Waals surface area (Å²) in [4.78, 5) is 12.9. The van der Waals surface area contributed by atoms with Crippen LogP contribution in [-0.2, 0) is 9.53 Å². The highest BCUT2D eigenvalue weighted by atomic mass is 35.5. The minimum atomic E-state index is -0.258. The van der Waals surface area contributed by atoms with Crippen molar-refractivity contribution in [2.24, 2.45) is 0 Å². The maximum atomic E-state index is 11.0. The highest BCUT2D eigenvalue weighted by Crippen LogP contribution is 2.05. The molecule has 0 aliphatic carbocycles. The molecular formula is C9H16ClNO2.